The van der Waals surface area contributed by atoms with Crippen LogP contribution in [0.15, 0.2) is 18.3 Å². The summed E-state index contributed by atoms with van der Waals surface area (Å²) in [6.07, 6.45) is 8.47. The maximum Gasteiger partial charge on any atom is 0.0572 e. The van der Waals surface area contributed by atoms with Crippen molar-refractivity contribution in [2.24, 2.45) is 11.7 Å². The molecular formula is C15H25N3. The van der Waals surface area contributed by atoms with E-state index in [1.807, 2.05) is 6.20 Å². The molecule has 1 atom stereocenters. The summed E-state index contributed by atoms with van der Waals surface area (Å²) in [5.41, 5.74) is 8.17. The molecule has 100 valence electrons. The van der Waals surface area contributed by atoms with E-state index in [1.54, 1.807) is 0 Å². The van der Waals surface area contributed by atoms with Gasteiger partial charge in [-0.05, 0) is 37.3 Å². The summed E-state index contributed by atoms with van der Waals surface area (Å²) in [4.78, 5) is 6.80. The molecule has 1 aliphatic rings. The Morgan fingerprint density at radius 1 is 1.39 bits per heavy atom. The topological polar surface area (TPSA) is 42.1 Å². The zero-order chi connectivity index (χ0) is 13.0. The van der Waals surface area contributed by atoms with E-state index in [-0.39, 0.29) is 6.04 Å². The Balaban J connectivity index is 1.95. The second-order valence-electron chi connectivity index (χ2n) is 5.49. The van der Waals surface area contributed by atoms with E-state index in [4.69, 9.17) is 5.73 Å². The highest BCUT2D eigenvalue weighted by Crippen LogP contribution is 2.26. The van der Waals surface area contributed by atoms with E-state index >= 15 is 0 Å². The van der Waals surface area contributed by atoms with Crippen LogP contribution in [0.2, 0.25) is 0 Å². The van der Waals surface area contributed by atoms with Crippen LogP contribution in [0.1, 0.15) is 50.8 Å². The number of hydrogen-bond acceptors (Lipinski definition) is 3. The van der Waals surface area contributed by atoms with Crippen molar-refractivity contribution in [1.82, 2.24) is 4.98 Å². The Kier molecular flexibility index (Phi) is 4.59. The fourth-order valence-electron chi connectivity index (χ4n) is 2.74. The highest BCUT2D eigenvalue weighted by atomic mass is 15.1. The average Bonchev–Trinajstić information content (AvgIpc) is 2.91. The predicted octanol–water partition coefficient (Wildman–Crippen LogP) is 3.12. The first-order valence-electron chi connectivity index (χ1n) is 7.13. The number of hydrogen-bond donors (Lipinski definition) is 1. The van der Waals surface area contributed by atoms with Crippen LogP contribution in [0.5, 0.6) is 0 Å². The summed E-state index contributed by atoms with van der Waals surface area (Å²) in [6.45, 7) is 3.24. The van der Waals surface area contributed by atoms with Crippen LogP contribution >= 0.6 is 0 Å². The van der Waals surface area contributed by atoms with Crippen LogP contribution in [-0.4, -0.2) is 18.6 Å². The van der Waals surface area contributed by atoms with E-state index in [0.29, 0.717) is 0 Å². The normalized spacial score (nSPS) is 17.9. The van der Waals surface area contributed by atoms with E-state index in [0.717, 1.165) is 24.6 Å². The molecule has 1 saturated carbocycles. The Morgan fingerprint density at radius 3 is 2.67 bits per heavy atom. The molecule has 0 aromatic carbocycles. The molecule has 1 heterocycles. The number of nitrogens with zero attached hydrogens (tertiary/aromatic N) is 2. The first-order valence-corrected chi connectivity index (χ1v) is 7.13. The second-order valence-corrected chi connectivity index (χ2v) is 5.49. The largest absolute Gasteiger partial charge is 0.373 e. The molecule has 3 heteroatoms. The minimum atomic E-state index is 0.0687. The van der Waals surface area contributed by atoms with Crippen molar-refractivity contribution in [2.45, 2.75) is 45.1 Å². The molecule has 1 aromatic rings. The van der Waals surface area contributed by atoms with Crippen LogP contribution in [0.25, 0.3) is 0 Å². The standard InChI is InChI=1S/C15H25N3/c1-3-14(16)15-9-8-13(10-17-15)18(2)11-12-6-4-5-7-12/h8-10,12,14H,3-7,11,16H2,1-2H3/t14-/m1/s1. The third-order valence-electron chi connectivity index (χ3n) is 4.04. The third-order valence-corrected chi connectivity index (χ3v) is 4.04. The zero-order valence-electron chi connectivity index (χ0n) is 11.6. The van der Waals surface area contributed by atoms with Gasteiger partial charge in [0, 0.05) is 19.6 Å². The SMILES string of the molecule is CC[C@@H](N)c1ccc(N(C)CC2CCCC2)cn1. The molecule has 1 aliphatic carbocycles. The zero-order valence-corrected chi connectivity index (χ0v) is 11.6. The third kappa shape index (κ3) is 3.22. The van der Waals surface area contributed by atoms with Crippen molar-refractivity contribution in [1.29, 1.82) is 0 Å². The van der Waals surface area contributed by atoms with Crippen molar-refractivity contribution >= 4 is 5.69 Å². The highest BCUT2D eigenvalue weighted by molar-refractivity contribution is 5.44. The van der Waals surface area contributed by atoms with E-state index in [2.05, 4.69) is 36.0 Å². The summed E-state index contributed by atoms with van der Waals surface area (Å²) in [6, 6.07) is 4.28. The average molecular weight is 247 g/mol. The summed E-state index contributed by atoms with van der Waals surface area (Å²) < 4.78 is 0. The number of anilines is 1. The van der Waals surface area contributed by atoms with Crippen LogP contribution < -0.4 is 10.6 Å². The molecule has 1 aromatic heterocycles. The molecule has 18 heavy (non-hydrogen) atoms. The number of rotatable bonds is 5. The van der Waals surface area contributed by atoms with Gasteiger partial charge in [0.2, 0.25) is 0 Å². The van der Waals surface area contributed by atoms with Gasteiger partial charge in [0.1, 0.15) is 0 Å². The van der Waals surface area contributed by atoms with Crippen molar-refractivity contribution in [3.05, 3.63) is 24.0 Å². The molecular weight excluding hydrogens is 222 g/mol. The lowest BCUT2D eigenvalue weighted by atomic mass is 10.1. The van der Waals surface area contributed by atoms with Gasteiger partial charge in [-0.15, -0.1) is 0 Å². The molecule has 2 rings (SSSR count). The second kappa shape index (κ2) is 6.19. The number of nitrogens with two attached hydrogens (primary N) is 1. The van der Waals surface area contributed by atoms with E-state index in [9.17, 15) is 0 Å². The molecule has 0 radical (unpaired) electrons. The fraction of sp³-hybridized carbons (Fsp3) is 0.667. The molecule has 0 unspecified atom stereocenters. The van der Waals surface area contributed by atoms with Crippen LogP contribution in [0.3, 0.4) is 0 Å². The fourth-order valence-corrected chi connectivity index (χ4v) is 2.74. The van der Waals surface area contributed by atoms with Gasteiger partial charge in [0.25, 0.3) is 0 Å². The van der Waals surface area contributed by atoms with Gasteiger partial charge < -0.3 is 10.6 Å². The van der Waals surface area contributed by atoms with Crippen LogP contribution in [0.4, 0.5) is 5.69 Å². The van der Waals surface area contributed by atoms with Gasteiger partial charge in [-0.2, -0.15) is 0 Å². The molecule has 0 bridgehead atoms. The first kappa shape index (κ1) is 13.3. The highest BCUT2D eigenvalue weighted by Gasteiger charge is 2.17. The quantitative estimate of drug-likeness (QED) is 0.869. The van der Waals surface area contributed by atoms with Gasteiger partial charge in [0.15, 0.2) is 0 Å². The Labute approximate surface area is 110 Å². The van der Waals surface area contributed by atoms with Gasteiger partial charge in [-0.1, -0.05) is 19.8 Å². The van der Waals surface area contributed by atoms with Gasteiger partial charge in [0.05, 0.1) is 17.6 Å². The van der Waals surface area contributed by atoms with Crippen molar-refractivity contribution in [3.8, 4) is 0 Å². The monoisotopic (exact) mass is 247 g/mol. The molecule has 2 N–H and O–H groups in total. The Hall–Kier alpha value is -1.09. The van der Waals surface area contributed by atoms with Gasteiger partial charge >= 0.3 is 0 Å². The summed E-state index contributed by atoms with van der Waals surface area (Å²) in [7, 11) is 2.16. The van der Waals surface area contributed by atoms with Crippen molar-refractivity contribution in [3.63, 3.8) is 0 Å². The first-order chi connectivity index (χ1) is 8.70. The summed E-state index contributed by atoms with van der Waals surface area (Å²) in [5, 5.41) is 0. The molecule has 0 amide bonds. The van der Waals surface area contributed by atoms with Crippen LogP contribution in [0, 0.1) is 5.92 Å². The van der Waals surface area contributed by atoms with Crippen molar-refractivity contribution < 1.29 is 0 Å². The maximum absolute atomic E-state index is 5.98. The molecule has 0 saturated heterocycles. The minimum Gasteiger partial charge on any atom is -0.373 e. The van der Waals surface area contributed by atoms with E-state index in [1.165, 1.54) is 31.4 Å². The van der Waals surface area contributed by atoms with Crippen molar-refractivity contribution in [2.75, 3.05) is 18.5 Å². The summed E-state index contributed by atoms with van der Waals surface area (Å²) >= 11 is 0. The number of aromatic nitrogens is 1. The lowest BCUT2D eigenvalue weighted by Crippen LogP contribution is -2.24. The lowest BCUT2D eigenvalue weighted by Gasteiger charge is -2.23. The van der Waals surface area contributed by atoms with Gasteiger partial charge in [-0.3, -0.25) is 4.98 Å². The number of pyridine rings is 1. The Morgan fingerprint density at radius 2 is 2.11 bits per heavy atom. The maximum atomic E-state index is 5.98. The van der Waals surface area contributed by atoms with Crippen LogP contribution in [-0.2, 0) is 0 Å². The van der Waals surface area contributed by atoms with Gasteiger partial charge in [-0.25, -0.2) is 0 Å². The molecule has 3 nitrogen and oxygen atoms in total. The van der Waals surface area contributed by atoms with E-state index < -0.39 is 0 Å². The molecule has 0 aliphatic heterocycles. The minimum absolute atomic E-state index is 0.0687. The smallest absolute Gasteiger partial charge is 0.0572 e. The lowest BCUT2D eigenvalue weighted by molar-refractivity contribution is 0.546. The Bertz CT molecular complexity index is 355. The summed E-state index contributed by atoms with van der Waals surface area (Å²) in [5.74, 6) is 0.868. The molecule has 1 fully saturated rings. The molecule has 0 spiro atoms. The predicted molar refractivity (Wildman–Crippen MR) is 76.7 cm³/mol.